The number of nitrogens with two attached hydrogens (primary N) is 1. The molecule has 0 rings (SSSR count). The van der Waals surface area contributed by atoms with Gasteiger partial charge in [-0.1, -0.05) is 143 Å². The summed E-state index contributed by atoms with van der Waals surface area (Å²) in [5.41, 5.74) is 5.35. The normalized spacial score (nSPS) is 14.9. The first-order chi connectivity index (χ1) is 27.7. The van der Waals surface area contributed by atoms with Gasteiger partial charge in [0.2, 0.25) is 0 Å². The van der Waals surface area contributed by atoms with Crippen LogP contribution in [0.3, 0.4) is 0 Å². The lowest BCUT2D eigenvalue weighted by Crippen LogP contribution is -2.34. The molecule has 0 aliphatic heterocycles. The molecule has 11 heteroatoms. The van der Waals surface area contributed by atoms with Crippen molar-refractivity contribution in [3.63, 3.8) is 0 Å². The second-order valence-corrected chi connectivity index (χ2v) is 15.2. The molecule has 0 aromatic heterocycles. The van der Waals surface area contributed by atoms with Crippen LogP contribution >= 0.6 is 7.82 Å². The van der Waals surface area contributed by atoms with E-state index in [4.69, 9.17) is 29.4 Å². The zero-order valence-electron chi connectivity index (χ0n) is 35.1. The minimum atomic E-state index is -4.64. The van der Waals surface area contributed by atoms with Crippen molar-refractivity contribution >= 4 is 19.8 Å². The summed E-state index contributed by atoms with van der Waals surface area (Å²) >= 11 is 0. The van der Waals surface area contributed by atoms with Gasteiger partial charge in [-0.2, -0.15) is 0 Å². The molecule has 57 heavy (non-hydrogen) atoms. The molecule has 0 bridgehead atoms. The van der Waals surface area contributed by atoms with Crippen LogP contribution in [-0.4, -0.2) is 60.5 Å². The molecule has 0 aliphatic rings. The van der Waals surface area contributed by atoms with Gasteiger partial charge in [0.25, 0.3) is 0 Å². The lowest BCUT2D eigenvalue weighted by molar-refractivity contribution is -0.154. The number of carboxylic acids is 1. The lowest BCUT2D eigenvalue weighted by atomic mass is 10.1. The average molecular weight is 818 g/mol. The Balaban J connectivity index is 4.36. The van der Waals surface area contributed by atoms with E-state index < -0.39 is 45.1 Å². The molecule has 0 radical (unpaired) electrons. The highest BCUT2D eigenvalue weighted by Crippen LogP contribution is 2.43. The van der Waals surface area contributed by atoms with Gasteiger partial charge in [0.15, 0.2) is 0 Å². The number of aliphatic carboxylic acids is 1. The van der Waals surface area contributed by atoms with E-state index in [2.05, 4.69) is 111 Å². The first-order valence-electron chi connectivity index (χ1n) is 21.3. The third kappa shape index (κ3) is 40.9. The van der Waals surface area contributed by atoms with E-state index in [9.17, 15) is 19.0 Å². The summed E-state index contributed by atoms with van der Waals surface area (Å²) in [7, 11) is -4.64. The van der Waals surface area contributed by atoms with E-state index in [1.807, 2.05) is 0 Å². The Hall–Kier alpha value is -3.11. The molecule has 0 saturated heterocycles. The van der Waals surface area contributed by atoms with Crippen LogP contribution in [0.25, 0.3) is 0 Å². The number of unbranched alkanes of at least 4 members (excludes halogenated alkanes) is 9. The third-order valence-corrected chi connectivity index (χ3v) is 9.31. The maximum absolute atomic E-state index is 12.6. The monoisotopic (exact) mass is 818 g/mol. The molecule has 0 saturated carbocycles. The number of carbonyl (C=O) groups excluding carboxylic acids is 1. The molecule has 0 amide bonds. The van der Waals surface area contributed by atoms with E-state index >= 15 is 0 Å². The second-order valence-electron chi connectivity index (χ2n) is 13.7. The number of hydrogen-bond acceptors (Lipinski definition) is 8. The number of hydrogen-bond donors (Lipinski definition) is 3. The predicted octanol–water partition coefficient (Wildman–Crippen LogP) is 11.8. The zero-order chi connectivity index (χ0) is 41.9. The summed E-state index contributed by atoms with van der Waals surface area (Å²) < 4.78 is 33.3. The van der Waals surface area contributed by atoms with E-state index in [0.717, 1.165) is 116 Å². The number of phosphoric ester groups is 1. The van der Waals surface area contributed by atoms with Crippen LogP contribution in [-0.2, 0) is 32.7 Å². The number of esters is 1. The van der Waals surface area contributed by atoms with Crippen molar-refractivity contribution in [2.24, 2.45) is 5.73 Å². The van der Waals surface area contributed by atoms with Crippen molar-refractivity contribution in [2.45, 2.75) is 154 Å². The van der Waals surface area contributed by atoms with Gasteiger partial charge in [-0.3, -0.25) is 18.6 Å². The zero-order valence-corrected chi connectivity index (χ0v) is 36.0. The molecule has 0 fully saturated rings. The van der Waals surface area contributed by atoms with Crippen LogP contribution in [0.15, 0.2) is 97.2 Å². The van der Waals surface area contributed by atoms with Crippen molar-refractivity contribution in [3.05, 3.63) is 97.2 Å². The molecule has 4 N–H and O–H groups in total. The van der Waals surface area contributed by atoms with Gasteiger partial charge in [-0.25, -0.2) is 4.57 Å². The maximum Gasteiger partial charge on any atom is 0.472 e. The van der Waals surface area contributed by atoms with Crippen LogP contribution in [0, 0.1) is 0 Å². The van der Waals surface area contributed by atoms with E-state index in [0.29, 0.717) is 13.0 Å². The minimum Gasteiger partial charge on any atom is -0.480 e. The van der Waals surface area contributed by atoms with Crippen LogP contribution in [0.2, 0.25) is 0 Å². The highest BCUT2D eigenvalue weighted by atomic mass is 31.2. The van der Waals surface area contributed by atoms with Crippen molar-refractivity contribution in [1.29, 1.82) is 0 Å². The fourth-order valence-corrected chi connectivity index (χ4v) is 5.89. The quantitative estimate of drug-likeness (QED) is 0.0236. The Morgan fingerprint density at radius 2 is 0.965 bits per heavy atom. The molecular formula is C46H76NO9P. The summed E-state index contributed by atoms with van der Waals surface area (Å²) in [6, 6.07) is -1.49. The number of rotatable bonds is 39. The van der Waals surface area contributed by atoms with Crippen molar-refractivity contribution < 1.29 is 42.7 Å². The maximum atomic E-state index is 12.6. The van der Waals surface area contributed by atoms with Gasteiger partial charge >= 0.3 is 19.8 Å². The van der Waals surface area contributed by atoms with Crippen LogP contribution in [0.1, 0.15) is 142 Å². The number of phosphoric acid groups is 1. The van der Waals surface area contributed by atoms with Gasteiger partial charge < -0.3 is 25.2 Å². The van der Waals surface area contributed by atoms with Gasteiger partial charge in [-0.05, 0) is 89.9 Å². The van der Waals surface area contributed by atoms with Crippen molar-refractivity contribution in [2.75, 3.05) is 26.4 Å². The van der Waals surface area contributed by atoms with Crippen LogP contribution in [0.5, 0.6) is 0 Å². The molecule has 0 aromatic rings. The standard InChI is InChI=1S/C46H76NO9P/c1-3-5-7-9-11-13-15-17-19-21-22-23-24-26-28-30-32-34-36-38-45(48)56-43(41-54-57(51,52)55-42-44(47)46(49)50)40-53-39-37-35-33-31-29-27-25-20-18-16-14-12-10-8-6-4-2/h5-8,11-14,17-20,22-23,27,29,43-44H,3-4,9-10,15-16,21,24-26,28,30-42,47H2,1-2H3,(H,49,50)(H,51,52)/b7-5-,8-6-,13-11-,14-12-,19-17-,20-18-,23-22-,29-27-. The highest BCUT2D eigenvalue weighted by molar-refractivity contribution is 7.47. The number of allylic oxidation sites excluding steroid dienone is 16. The summed E-state index contributed by atoms with van der Waals surface area (Å²) in [6.07, 6.45) is 53.2. The summed E-state index contributed by atoms with van der Waals surface area (Å²) in [6.45, 7) is 3.53. The summed E-state index contributed by atoms with van der Waals surface area (Å²) in [5.74, 6) is -1.82. The fourth-order valence-electron chi connectivity index (χ4n) is 5.11. The fraction of sp³-hybridized carbons (Fsp3) is 0.609. The number of carbonyl (C=O) groups is 2. The minimum absolute atomic E-state index is 0.0173. The Labute approximate surface area is 345 Å². The van der Waals surface area contributed by atoms with E-state index in [1.54, 1.807) is 0 Å². The highest BCUT2D eigenvalue weighted by Gasteiger charge is 2.27. The first kappa shape index (κ1) is 53.9. The average Bonchev–Trinajstić information content (AvgIpc) is 3.19. The second kappa shape index (κ2) is 41.1. The van der Waals surface area contributed by atoms with Crippen LogP contribution in [0.4, 0.5) is 0 Å². The Kier molecular flexibility index (Phi) is 38.8. The SMILES string of the molecule is CC/C=C\C/C=C\C/C=C\C/C=C\CCCCCCCCC(=O)OC(COCCCCC/C=C\C/C=C\C/C=C\C/C=C\CC)COP(=O)(O)OCC(N)C(=O)O. The molecular weight excluding hydrogens is 741 g/mol. The van der Waals surface area contributed by atoms with Crippen LogP contribution < -0.4 is 5.73 Å². The Morgan fingerprint density at radius 1 is 0.561 bits per heavy atom. The molecule has 3 atom stereocenters. The summed E-state index contributed by atoms with van der Waals surface area (Å²) in [4.78, 5) is 33.5. The lowest BCUT2D eigenvalue weighted by Gasteiger charge is -2.20. The molecule has 0 aliphatic carbocycles. The van der Waals surface area contributed by atoms with Gasteiger partial charge in [0, 0.05) is 13.0 Å². The van der Waals surface area contributed by atoms with Gasteiger partial charge in [-0.15, -0.1) is 0 Å². The van der Waals surface area contributed by atoms with E-state index in [-0.39, 0.29) is 13.0 Å². The molecule has 0 spiro atoms. The van der Waals surface area contributed by atoms with Crippen molar-refractivity contribution in [1.82, 2.24) is 0 Å². The largest absolute Gasteiger partial charge is 0.480 e. The molecule has 10 nitrogen and oxygen atoms in total. The Bertz CT molecular complexity index is 1270. The molecule has 0 heterocycles. The molecule has 3 unspecified atom stereocenters. The smallest absolute Gasteiger partial charge is 0.472 e. The van der Waals surface area contributed by atoms with Crippen molar-refractivity contribution in [3.8, 4) is 0 Å². The van der Waals surface area contributed by atoms with Gasteiger partial charge in [0.1, 0.15) is 12.1 Å². The third-order valence-electron chi connectivity index (χ3n) is 8.36. The van der Waals surface area contributed by atoms with E-state index in [1.165, 1.54) is 0 Å². The predicted molar refractivity (Wildman–Crippen MR) is 235 cm³/mol. The first-order valence-corrected chi connectivity index (χ1v) is 22.8. The number of ether oxygens (including phenoxy) is 2. The Morgan fingerprint density at radius 3 is 1.44 bits per heavy atom. The number of carboxylic acid groups (broad SMARTS) is 1. The van der Waals surface area contributed by atoms with Gasteiger partial charge in [0.05, 0.1) is 19.8 Å². The summed E-state index contributed by atoms with van der Waals surface area (Å²) in [5, 5.41) is 8.89. The topological polar surface area (TPSA) is 155 Å². The molecule has 0 aromatic carbocycles. The molecule has 324 valence electrons.